The molecular formula is C44H46N4O9. The minimum atomic E-state index is -0.749. The molecule has 8 N–H and O–H groups in total. The van der Waals surface area contributed by atoms with Crippen LogP contribution in [0.25, 0.3) is 21.8 Å². The Morgan fingerprint density at radius 2 is 1.16 bits per heavy atom. The number of carbonyl (C=O) groups is 2. The molecule has 2 fully saturated rings. The Labute approximate surface area is 328 Å². The molecule has 296 valence electrons. The van der Waals surface area contributed by atoms with E-state index in [0.717, 1.165) is 74.3 Å². The summed E-state index contributed by atoms with van der Waals surface area (Å²) in [5.74, 6) is 2.22. The molecule has 2 aromatic heterocycles. The number of carbonyl (C=O) groups excluding carboxylic acids is 1. The van der Waals surface area contributed by atoms with Gasteiger partial charge >= 0.3 is 5.97 Å². The van der Waals surface area contributed by atoms with E-state index in [1.54, 1.807) is 12.1 Å². The SMILES string of the molecule is CC(CO)c1cc2cc(N)ccc2[nH]1.CC(CO)c1cc2cc(NC(=O)C3(c4ccc5c(c4)OCO5)CC3)ccc2[nH]1.O=C(O)C1(c2ccc3c(c2)OCO3)CC1. The first-order chi connectivity index (χ1) is 27.5. The maximum absolute atomic E-state index is 13.1. The van der Waals surface area contributed by atoms with Crippen LogP contribution in [-0.4, -0.2) is 64.0 Å². The number of aliphatic hydroxyl groups excluding tert-OH is 2. The van der Waals surface area contributed by atoms with Crippen molar-refractivity contribution in [2.75, 3.05) is 37.9 Å². The molecule has 13 nitrogen and oxygen atoms in total. The summed E-state index contributed by atoms with van der Waals surface area (Å²) < 4.78 is 21.2. The molecule has 57 heavy (non-hydrogen) atoms. The summed E-state index contributed by atoms with van der Waals surface area (Å²) >= 11 is 0. The number of H-pyrrole nitrogens is 2. The fourth-order valence-corrected chi connectivity index (χ4v) is 7.30. The topological polar surface area (TPSA) is 201 Å². The van der Waals surface area contributed by atoms with E-state index < -0.39 is 16.8 Å². The second-order valence-electron chi connectivity index (χ2n) is 15.3. The van der Waals surface area contributed by atoms with Crippen molar-refractivity contribution in [3.05, 3.63) is 107 Å². The highest BCUT2D eigenvalue weighted by Crippen LogP contribution is 2.52. The van der Waals surface area contributed by atoms with Crippen molar-refractivity contribution in [3.63, 3.8) is 0 Å². The van der Waals surface area contributed by atoms with Crippen LogP contribution in [0.4, 0.5) is 11.4 Å². The van der Waals surface area contributed by atoms with Crippen molar-refractivity contribution in [1.82, 2.24) is 9.97 Å². The van der Waals surface area contributed by atoms with Crippen LogP contribution in [0.2, 0.25) is 0 Å². The van der Waals surface area contributed by atoms with Gasteiger partial charge in [-0.2, -0.15) is 0 Å². The number of anilines is 2. The molecule has 0 bridgehead atoms. The number of aliphatic carboxylic acids is 1. The molecule has 0 spiro atoms. The van der Waals surface area contributed by atoms with Crippen LogP contribution in [0.5, 0.6) is 23.0 Å². The fourth-order valence-electron chi connectivity index (χ4n) is 7.30. The molecule has 2 aliphatic carbocycles. The Morgan fingerprint density at radius 1 is 0.667 bits per heavy atom. The number of nitrogens with two attached hydrogens (primary N) is 1. The Kier molecular flexibility index (Phi) is 9.96. The van der Waals surface area contributed by atoms with Crippen LogP contribution >= 0.6 is 0 Å². The molecule has 2 atom stereocenters. The Balaban J connectivity index is 0.000000132. The first kappa shape index (κ1) is 37.7. The summed E-state index contributed by atoms with van der Waals surface area (Å²) in [5.41, 5.74) is 11.9. The van der Waals surface area contributed by atoms with Crippen LogP contribution in [-0.2, 0) is 20.4 Å². The number of aromatic amines is 2. The van der Waals surface area contributed by atoms with Gasteiger partial charge in [0.25, 0.3) is 0 Å². The maximum atomic E-state index is 13.1. The normalized spacial score (nSPS) is 17.1. The third-order valence-electron chi connectivity index (χ3n) is 11.4. The zero-order chi connectivity index (χ0) is 39.9. The second-order valence-corrected chi connectivity index (χ2v) is 15.3. The number of benzene rings is 4. The summed E-state index contributed by atoms with van der Waals surface area (Å²) in [4.78, 5) is 30.8. The molecule has 10 rings (SSSR count). The third-order valence-corrected chi connectivity index (χ3v) is 11.4. The number of nitrogens with one attached hydrogen (secondary N) is 3. The number of aliphatic hydroxyl groups is 2. The van der Waals surface area contributed by atoms with Crippen LogP contribution in [0.1, 0.15) is 73.9 Å². The van der Waals surface area contributed by atoms with E-state index in [9.17, 15) is 14.7 Å². The molecule has 4 heterocycles. The Bertz CT molecular complexity index is 2460. The van der Waals surface area contributed by atoms with Gasteiger partial charge in [-0.3, -0.25) is 9.59 Å². The summed E-state index contributed by atoms with van der Waals surface area (Å²) in [5, 5.41) is 32.7. The number of carboxylic acids is 1. The van der Waals surface area contributed by atoms with Crippen LogP contribution in [0, 0.1) is 0 Å². The predicted octanol–water partition coefficient (Wildman–Crippen LogP) is 7.04. The highest BCUT2D eigenvalue weighted by atomic mass is 16.7. The molecule has 2 unspecified atom stereocenters. The average molecular weight is 775 g/mol. The van der Waals surface area contributed by atoms with Gasteiger partial charge in [-0.1, -0.05) is 26.0 Å². The fraction of sp³-hybridized carbons (Fsp3) is 0.318. The van der Waals surface area contributed by atoms with Crippen LogP contribution < -0.4 is 30.0 Å². The summed E-state index contributed by atoms with van der Waals surface area (Å²) in [6.07, 6.45) is 3.07. The molecule has 6 aromatic rings. The van der Waals surface area contributed by atoms with Gasteiger partial charge in [-0.15, -0.1) is 0 Å². The van der Waals surface area contributed by atoms with E-state index in [2.05, 4.69) is 15.3 Å². The molecular weight excluding hydrogens is 729 g/mol. The number of hydrogen-bond donors (Lipinski definition) is 7. The predicted molar refractivity (Wildman–Crippen MR) is 215 cm³/mol. The van der Waals surface area contributed by atoms with E-state index in [1.165, 1.54) is 0 Å². The van der Waals surface area contributed by atoms with E-state index in [-0.39, 0.29) is 44.5 Å². The van der Waals surface area contributed by atoms with Gasteiger partial charge in [-0.25, -0.2) is 0 Å². The van der Waals surface area contributed by atoms with Gasteiger partial charge in [0.05, 0.1) is 24.0 Å². The zero-order valence-corrected chi connectivity index (χ0v) is 31.8. The number of rotatable bonds is 9. The number of carboxylic acid groups (broad SMARTS) is 1. The molecule has 0 radical (unpaired) electrons. The number of hydrogen-bond acceptors (Lipinski definition) is 9. The van der Waals surface area contributed by atoms with Crippen LogP contribution in [0.15, 0.2) is 84.9 Å². The number of aromatic nitrogens is 2. The quantitative estimate of drug-likeness (QED) is 0.0747. The van der Waals surface area contributed by atoms with Crippen molar-refractivity contribution >= 4 is 45.1 Å². The summed E-state index contributed by atoms with van der Waals surface area (Å²) in [6.45, 7) is 4.64. The standard InChI is InChI=1S/C22H22N2O4.C11H14N2O.C11H10O4/c1-13(11-25)18-9-14-8-16(3-4-17(14)24-18)23-21(26)22(6-7-22)15-2-5-19-20(10-15)28-12-27-19;1-7(6-14)11-5-8-4-9(12)2-3-10(8)13-11;12-10(13)11(3-4-11)7-1-2-8-9(5-7)15-6-14-8/h2-5,8-10,13,24-25H,6-7,11-12H2,1H3,(H,23,26);2-5,7,13-14H,6,12H2,1H3;1-2,5H,3-4,6H2,(H,12,13). The molecule has 0 saturated heterocycles. The van der Waals surface area contributed by atoms with Gasteiger partial charge < -0.3 is 55.3 Å². The van der Waals surface area contributed by atoms with Crippen molar-refractivity contribution in [1.29, 1.82) is 0 Å². The lowest BCUT2D eigenvalue weighted by Crippen LogP contribution is -2.27. The van der Waals surface area contributed by atoms with Crippen molar-refractivity contribution < 1.29 is 43.9 Å². The van der Waals surface area contributed by atoms with Crippen molar-refractivity contribution in [3.8, 4) is 23.0 Å². The van der Waals surface area contributed by atoms with Crippen molar-refractivity contribution in [2.45, 2.75) is 62.2 Å². The maximum Gasteiger partial charge on any atom is 0.314 e. The third kappa shape index (κ3) is 7.43. The van der Waals surface area contributed by atoms with E-state index in [1.807, 2.05) is 86.6 Å². The minimum Gasteiger partial charge on any atom is -0.481 e. The Hall–Kier alpha value is -6.18. The van der Waals surface area contributed by atoms with Gasteiger partial charge in [0.15, 0.2) is 23.0 Å². The smallest absolute Gasteiger partial charge is 0.314 e. The van der Waals surface area contributed by atoms with Gasteiger partial charge in [0, 0.05) is 56.4 Å². The number of fused-ring (bicyclic) bond motifs is 4. The summed E-state index contributed by atoms with van der Waals surface area (Å²) in [7, 11) is 0. The monoisotopic (exact) mass is 774 g/mol. The highest BCUT2D eigenvalue weighted by molar-refractivity contribution is 6.02. The lowest BCUT2D eigenvalue weighted by Gasteiger charge is -2.16. The molecule has 2 saturated carbocycles. The minimum absolute atomic E-state index is 0.00482. The van der Waals surface area contributed by atoms with E-state index in [0.29, 0.717) is 30.1 Å². The van der Waals surface area contributed by atoms with Gasteiger partial charge in [-0.05, 0) is 110 Å². The number of amides is 1. The zero-order valence-electron chi connectivity index (χ0n) is 31.8. The van der Waals surface area contributed by atoms with Crippen molar-refractivity contribution in [2.24, 2.45) is 0 Å². The van der Waals surface area contributed by atoms with Crippen LogP contribution in [0.3, 0.4) is 0 Å². The first-order valence-corrected chi connectivity index (χ1v) is 19.1. The molecule has 2 aliphatic heterocycles. The first-order valence-electron chi connectivity index (χ1n) is 19.1. The molecule has 4 aromatic carbocycles. The van der Waals surface area contributed by atoms with E-state index in [4.69, 9.17) is 34.9 Å². The second kappa shape index (κ2) is 15.1. The van der Waals surface area contributed by atoms with Gasteiger partial charge in [0.1, 0.15) is 0 Å². The number of ether oxygens (including phenoxy) is 4. The molecule has 13 heteroatoms. The number of nitrogen functional groups attached to an aromatic ring is 1. The lowest BCUT2D eigenvalue weighted by molar-refractivity contribution is -0.140. The van der Waals surface area contributed by atoms with Gasteiger partial charge in [0.2, 0.25) is 19.5 Å². The molecule has 4 aliphatic rings. The highest BCUT2D eigenvalue weighted by Gasteiger charge is 2.52. The average Bonchev–Trinajstić information content (AvgIpc) is 3.93. The lowest BCUT2D eigenvalue weighted by atomic mass is 9.94. The Morgan fingerprint density at radius 3 is 1.67 bits per heavy atom. The largest absolute Gasteiger partial charge is 0.481 e. The molecule has 1 amide bonds. The van der Waals surface area contributed by atoms with E-state index >= 15 is 0 Å². The summed E-state index contributed by atoms with van der Waals surface area (Å²) in [6, 6.07) is 26.8.